The summed E-state index contributed by atoms with van der Waals surface area (Å²) in [7, 11) is 0. The molecule has 1 rings (SSSR count). The highest BCUT2D eigenvalue weighted by molar-refractivity contribution is 5.73. The van der Waals surface area contributed by atoms with E-state index in [0.29, 0.717) is 18.5 Å². The van der Waals surface area contributed by atoms with Crippen molar-refractivity contribution in [3.05, 3.63) is 0 Å². The average Bonchev–Trinajstić information content (AvgIpc) is 2.40. The van der Waals surface area contributed by atoms with Crippen molar-refractivity contribution in [2.45, 2.75) is 39.7 Å². The average molecular weight is 271 g/mol. The van der Waals surface area contributed by atoms with Crippen LogP contribution in [0.5, 0.6) is 0 Å². The number of nitrogens with zero attached hydrogens (tertiary/aromatic N) is 1. The highest BCUT2D eigenvalue weighted by Gasteiger charge is 2.23. The molecule has 2 amide bonds. The number of nitrogens with one attached hydrogen (secondary N) is 2. The van der Waals surface area contributed by atoms with Crippen molar-refractivity contribution in [3.8, 4) is 0 Å². The minimum atomic E-state index is -0.0487. The molecule has 1 fully saturated rings. The van der Waals surface area contributed by atoms with Crippen molar-refractivity contribution in [1.82, 2.24) is 15.5 Å². The predicted octanol–water partition coefficient (Wildman–Crippen LogP) is 1.44. The Bertz CT molecular complexity index is 253. The van der Waals surface area contributed by atoms with Crippen molar-refractivity contribution in [2.24, 2.45) is 5.92 Å². The molecule has 0 aromatic heterocycles. The topological polar surface area (TPSA) is 53.6 Å². The normalized spacial score (nSPS) is 18.3. The molecular weight excluding hydrogens is 242 g/mol. The molecule has 1 aliphatic rings. The van der Waals surface area contributed by atoms with Crippen LogP contribution < -0.4 is 10.6 Å². The summed E-state index contributed by atoms with van der Waals surface area (Å²) in [5.41, 5.74) is 0. The molecule has 5 heteroatoms. The molecule has 0 radical (unpaired) electrons. The van der Waals surface area contributed by atoms with Gasteiger partial charge in [-0.15, -0.1) is 0 Å². The highest BCUT2D eigenvalue weighted by Crippen LogP contribution is 2.12. The van der Waals surface area contributed by atoms with Gasteiger partial charge in [-0.2, -0.15) is 0 Å². The van der Waals surface area contributed by atoms with Crippen molar-refractivity contribution in [3.63, 3.8) is 0 Å². The molecule has 1 aliphatic heterocycles. The second-order valence-electron chi connectivity index (χ2n) is 5.45. The third kappa shape index (κ3) is 6.25. The lowest BCUT2D eigenvalue weighted by Crippen LogP contribution is -2.52. The number of carbonyl (C=O) groups excluding carboxylic acids is 1. The Kier molecular flexibility index (Phi) is 7.82. The first-order valence-corrected chi connectivity index (χ1v) is 7.48. The zero-order valence-corrected chi connectivity index (χ0v) is 12.6. The van der Waals surface area contributed by atoms with Crippen molar-refractivity contribution < 1.29 is 9.53 Å². The molecule has 2 N–H and O–H groups in total. The van der Waals surface area contributed by atoms with E-state index in [1.165, 1.54) is 0 Å². The quantitative estimate of drug-likeness (QED) is 0.689. The molecule has 5 nitrogen and oxygen atoms in total. The molecule has 0 saturated carbocycles. The van der Waals surface area contributed by atoms with Crippen LogP contribution in [0.1, 0.15) is 33.6 Å². The van der Waals surface area contributed by atoms with E-state index in [4.69, 9.17) is 4.74 Å². The van der Waals surface area contributed by atoms with Crippen LogP contribution in [0.25, 0.3) is 0 Å². The fourth-order valence-electron chi connectivity index (χ4n) is 2.33. The van der Waals surface area contributed by atoms with Crippen LogP contribution in [0, 0.1) is 5.92 Å². The number of ether oxygens (including phenoxy) is 1. The lowest BCUT2D eigenvalue weighted by Gasteiger charge is -2.36. The van der Waals surface area contributed by atoms with Gasteiger partial charge < -0.3 is 15.4 Å². The van der Waals surface area contributed by atoms with Crippen LogP contribution in [0.3, 0.4) is 0 Å². The van der Waals surface area contributed by atoms with Gasteiger partial charge in [0.05, 0.1) is 13.2 Å². The fraction of sp³-hybridized carbons (Fsp3) is 0.929. The third-order valence-electron chi connectivity index (χ3n) is 3.57. The van der Waals surface area contributed by atoms with Crippen molar-refractivity contribution in [2.75, 3.05) is 39.4 Å². The number of urea groups is 1. The van der Waals surface area contributed by atoms with Crippen molar-refractivity contribution >= 4 is 6.03 Å². The Hall–Kier alpha value is -0.810. The number of amides is 2. The number of hydrogen-bond donors (Lipinski definition) is 2. The molecule has 0 aromatic rings. The first-order valence-electron chi connectivity index (χ1n) is 7.48. The minimum Gasteiger partial charge on any atom is -0.379 e. The highest BCUT2D eigenvalue weighted by atomic mass is 16.5. The number of hydrogen-bond acceptors (Lipinski definition) is 3. The van der Waals surface area contributed by atoms with E-state index in [-0.39, 0.29) is 6.03 Å². The minimum absolute atomic E-state index is 0.0487. The van der Waals surface area contributed by atoms with Crippen LogP contribution >= 0.6 is 0 Å². The molecule has 1 atom stereocenters. The SMILES string of the molecule is CCCCNC(=O)NCC(C(C)C)N1CCOCC1. The maximum Gasteiger partial charge on any atom is 0.314 e. The van der Waals surface area contributed by atoms with E-state index in [1.807, 2.05) is 0 Å². The Morgan fingerprint density at radius 2 is 1.95 bits per heavy atom. The van der Waals surface area contributed by atoms with Gasteiger partial charge in [0.1, 0.15) is 0 Å². The number of rotatable bonds is 7. The van der Waals surface area contributed by atoms with Gasteiger partial charge in [0, 0.05) is 32.2 Å². The summed E-state index contributed by atoms with van der Waals surface area (Å²) in [5.74, 6) is 0.522. The second-order valence-corrected chi connectivity index (χ2v) is 5.45. The second kappa shape index (κ2) is 9.15. The number of unbranched alkanes of at least 4 members (excludes halogenated alkanes) is 1. The third-order valence-corrected chi connectivity index (χ3v) is 3.57. The summed E-state index contributed by atoms with van der Waals surface area (Å²) in [6, 6.07) is 0.341. The van der Waals surface area contributed by atoms with Crippen LogP contribution in [0.2, 0.25) is 0 Å². The molecule has 0 aromatic carbocycles. The number of morpholine rings is 1. The molecule has 0 bridgehead atoms. The summed E-state index contributed by atoms with van der Waals surface area (Å²) in [6.07, 6.45) is 2.13. The van der Waals surface area contributed by atoms with E-state index in [0.717, 1.165) is 45.7 Å². The summed E-state index contributed by atoms with van der Waals surface area (Å²) in [5, 5.41) is 5.88. The van der Waals surface area contributed by atoms with Gasteiger partial charge in [0.2, 0.25) is 0 Å². The summed E-state index contributed by atoms with van der Waals surface area (Å²) < 4.78 is 5.38. The lowest BCUT2D eigenvalue weighted by atomic mass is 10.0. The fourth-order valence-corrected chi connectivity index (χ4v) is 2.33. The Morgan fingerprint density at radius 3 is 2.53 bits per heavy atom. The molecule has 0 aliphatic carbocycles. The Morgan fingerprint density at radius 1 is 1.26 bits per heavy atom. The number of carbonyl (C=O) groups is 1. The van der Waals surface area contributed by atoms with Gasteiger partial charge in [-0.3, -0.25) is 4.90 Å². The first kappa shape index (κ1) is 16.2. The molecule has 112 valence electrons. The molecular formula is C14H29N3O2. The zero-order valence-electron chi connectivity index (χ0n) is 12.6. The van der Waals surface area contributed by atoms with E-state index in [9.17, 15) is 4.79 Å². The molecule has 1 unspecified atom stereocenters. The smallest absolute Gasteiger partial charge is 0.314 e. The van der Waals surface area contributed by atoms with E-state index >= 15 is 0 Å². The van der Waals surface area contributed by atoms with Crippen LogP contribution in [0.4, 0.5) is 4.79 Å². The van der Waals surface area contributed by atoms with Crippen LogP contribution in [-0.2, 0) is 4.74 Å². The summed E-state index contributed by atoms with van der Waals surface area (Å²) in [6.45, 7) is 11.5. The molecule has 1 heterocycles. The Labute approximate surface area is 117 Å². The van der Waals surface area contributed by atoms with Crippen LogP contribution in [0.15, 0.2) is 0 Å². The maximum atomic E-state index is 11.7. The van der Waals surface area contributed by atoms with Gasteiger partial charge in [-0.05, 0) is 12.3 Å². The molecule has 19 heavy (non-hydrogen) atoms. The summed E-state index contributed by atoms with van der Waals surface area (Å²) in [4.78, 5) is 14.1. The van der Waals surface area contributed by atoms with Crippen LogP contribution in [-0.4, -0.2) is 56.4 Å². The van der Waals surface area contributed by atoms with Gasteiger partial charge in [-0.25, -0.2) is 4.79 Å². The zero-order chi connectivity index (χ0) is 14.1. The predicted molar refractivity (Wildman–Crippen MR) is 77.3 cm³/mol. The largest absolute Gasteiger partial charge is 0.379 e. The van der Waals surface area contributed by atoms with E-state index in [1.54, 1.807) is 0 Å². The maximum absolute atomic E-state index is 11.7. The van der Waals surface area contributed by atoms with E-state index < -0.39 is 0 Å². The monoisotopic (exact) mass is 271 g/mol. The standard InChI is InChI=1S/C14H29N3O2/c1-4-5-6-15-14(18)16-11-13(12(2)3)17-7-9-19-10-8-17/h12-13H,4-11H2,1-3H3,(H2,15,16,18). The molecule has 1 saturated heterocycles. The van der Waals surface area contributed by atoms with E-state index in [2.05, 4.69) is 36.3 Å². The Balaban J connectivity index is 2.30. The summed E-state index contributed by atoms with van der Waals surface area (Å²) >= 11 is 0. The van der Waals surface area contributed by atoms with Gasteiger partial charge in [-0.1, -0.05) is 27.2 Å². The lowest BCUT2D eigenvalue weighted by molar-refractivity contribution is 0.00720. The van der Waals surface area contributed by atoms with Gasteiger partial charge in [0.15, 0.2) is 0 Å². The van der Waals surface area contributed by atoms with Gasteiger partial charge in [0.25, 0.3) is 0 Å². The first-order chi connectivity index (χ1) is 9.15. The van der Waals surface area contributed by atoms with Gasteiger partial charge >= 0.3 is 6.03 Å². The molecule has 0 spiro atoms. The van der Waals surface area contributed by atoms with Crippen molar-refractivity contribution in [1.29, 1.82) is 0 Å².